The largest absolute Gasteiger partial charge is 0.309 e. The van der Waals surface area contributed by atoms with E-state index in [1.165, 1.54) is 33.0 Å². The van der Waals surface area contributed by atoms with Crippen molar-refractivity contribution in [2.75, 3.05) is 4.90 Å². The number of aromatic nitrogens is 1. The molecule has 264 valence electrons. The molecule has 1 heterocycles. The Morgan fingerprint density at radius 3 is 1.46 bits per heavy atom. The molecule has 2 nitrogen and oxygen atoms in total. The lowest BCUT2D eigenvalue weighted by Gasteiger charge is -2.31. The molecule has 0 spiro atoms. The molecular weight excluding hydrogens is 677 g/mol. The summed E-state index contributed by atoms with van der Waals surface area (Å²) >= 11 is 0. The van der Waals surface area contributed by atoms with E-state index in [-0.39, 0.29) is 0 Å². The van der Waals surface area contributed by atoms with Crippen molar-refractivity contribution < 1.29 is 0 Å². The number of nitrogens with zero attached hydrogens (tertiary/aromatic N) is 2. The van der Waals surface area contributed by atoms with Crippen molar-refractivity contribution in [3.63, 3.8) is 0 Å². The summed E-state index contributed by atoms with van der Waals surface area (Å²) in [5.41, 5.74) is 16.2. The number of anilines is 3. The van der Waals surface area contributed by atoms with Crippen LogP contribution >= 0.6 is 0 Å². The number of benzene rings is 9. The van der Waals surface area contributed by atoms with E-state index in [9.17, 15) is 0 Å². The smallest absolute Gasteiger partial charge is 0.0562 e. The van der Waals surface area contributed by atoms with Crippen LogP contribution in [0.3, 0.4) is 0 Å². The lowest BCUT2D eigenvalue weighted by Crippen LogP contribution is -2.13. The van der Waals surface area contributed by atoms with E-state index >= 15 is 0 Å². The van der Waals surface area contributed by atoms with Crippen LogP contribution in [-0.2, 0) is 0 Å². The molecule has 0 fully saturated rings. The first-order valence-electron chi connectivity index (χ1n) is 19.2. The molecule has 10 rings (SSSR count). The summed E-state index contributed by atoms with van der Waals surface area (Å²) in [6.45, 7) is 0. The molecule has 0 aliphatic rings. The summed E-state index contributed by atoms with van der Waals surface area (Å²) in [7, 11) is 0. The number of fused-ring (bicyclic) bond motifs is 3. The Labute approximate surface area is 327 Å². The minimum atomic E-state index is 1.10. The van der Waals surface area contributed by atoms with Crippen LogP contribution in [-0.4, -0.2) is 4.57 Å². The van der Waals surface area contributed by atoms with Gasteiger partial charge in [0, 0.05) is 27.6 Å². The van der Waals surface area contributed by atoms with Crippen LogP contribution in [0.1, 0.15) is 0 Å². The maximum atomic E-state index is 2.51. The topological polar surface area (TPSA) is 8.17 Å². The van der Waals surface area contributed by atoms with Gasteiger partial charge in [-0.15, -0.1) is 0 Å². The Balaban J connectivity index is 1.29. The fourth-order valence-corrected chi connectivity index (χ4v) is 8.21. The summed E-state index contributed by atoms with van der Waals surface area (Å²) in [5.74, 6) is 0. The molecule has 10 aromatic rings. The summed E-state index contributed by atoms with van der Waals surface area (Å²) < 4.78 is 2.40. The van der Waals surface area contributed by atoms with Crippen molar-refractivity contribution >= 4 is 38.9 Å². The number of hydrogen-bond acceptors (Lipinski definition) is 1. The van der Waals surface area contributed by atoms with Crippen LogP contribution < -0.4 is 4.90 Å². The minimum Gasteiger partial charge on any atom is -0.309 e. The zero-order chi connectivity index (χ0) is 37.3. The Morgan fingerprint density at radius 2 is 0.750 bits per heavy atom. The lowest BCUT2D eigenvalue weighted by molar-refractivity contribution is 1.18. The Bertz CT molecular complexity index is 2930. The van der Waals surface area contributed by atoms with Gasteiger partial charge in [-0.05, 0) is 75.8 Å². The monoisotopic (exact) mass is 714 g/mol. The average Bonchev–Trinajstić information content (AvgIpc) is 3.63. The summed E-state index contributed by atoms with van der Waals surface area (Å²) in [4.78, 5) is 2.51. The molecule has 0 radical (unpaired) electrons. The number of para-hydroxylation sites is 3. The first-order valence-corrected chi connectivity index (χ1v) is 19.2. The van der Waals surface area contributed by atoms with Crippen molar-refractivity contribution in [1.29, 1.82) is 0 Å². The highest BCUT2D eigenvalue weighted by Gasteiger charge is 2.25. The van der Waals surface area contributed by atoms with Gasteiger partial charge in [0.2, 0.25) is 0 Å². The SMILES string of the molecule is c1ccc(-c2ccc(-c3ccccc3N(c3cc(-c4ccccc4)ccc3-c3ccccc3)c3cccc4c3c3ccccc3n4-c3ccccc3)cc2)cc1. The molecule has 0 amide bonds. The van der Waals surface area contributed by atoms with Crippen molar-refractivity contribution in [1.82, 2.24) is 4.57 Å². The molecule has 0 saturated carbocycles. The molecule has 0 N–H and O–H groups in total. The van der Waals surface area contributed by atoms with E-state index in [0.717, 1.165) is 56.1 Å². The second kappa shape index (κ2) is 14.4. The van der Waals surface area contributed by atoms with Crippen molar-refractivity contribution in [3.8, 4) is 50.2 Å². The Hall–Kier alpha value is -7.42. The van der Waals surface area contributed by atoms with Crippen LogP contribution in [0.15, 0.2) is 231 Å². The average molecular weight is 715 g/mol. The molecule has 2 heteroatoms. The fourth-order valence-electron chi connectivity index (χ4n) is 8.21. The van der Waals surface area contributed by atoms with E-state index in [1.807, 2.05) is 0 Å². The Morgan fingerprint density at radius 1 is 0.286 bits per heavy atom. The van der Waals surface area contributed by atoms with Gasteiger partial charge in [-0.25, -0.2) is 0 Å². The van der Waals surface area contributed by atoms with Crippen molar-refractivity contribution in [2.45, 2.75) is 0 Å². The summed E-state index contributed by atoms with van der Waals surface area (Å²) in [5, 5.41) is 2.41. The normalized spacial score (nSPS) is 11.2. The molecule has 0 unspecified atom stereocenters. The zero-order valence-electron chi connectivity index (χ0n) is 30.8. The molecular formula is C54H38N2. The Kier molecular flexibility index (Phi) is 8.55. The van der Waals surface area contributed by atoms with Gasteiger partial charge in [0.25, 0.3) is 0 Å². The van der Waals surface area contributed by atoms with E-state index in [0.29, 0.717) is 0 Å². The van der Waals surface area contributed by atoms with Crippen LogP contribution in [0.5, 0.6) is 0 Å². The second-order valence-corrected chi connectivity index (χ2v) is 14.1. The highest BCUT2D eigenvalue weighted by atomic mass is 15.2. The predicted molar refractivity (Wildman–Crippen MR) is 237 cm³/mol. The zero-order valence-corrected chi connectivity index (χ0v) is 30.8. The molecule has 1 aromatic heterocycles. The third-order valence-electron chi connectivity index (χ3n) is 10.8. The second-order valence-electron chi connectivity index (χ2n) is 14.1. The van der Waals surface area contributed by atoms with Gasteiger partial charge in [-0.2, -0.15) is 0 Å². The van der Waals surface area contributed by atoms with Gasteiger partial charge in [0.15, 0.2) is 0 Å². The van der Waals surface area contributed by atoms with Crippen molar-refractivity contribution in [3.05, 3.63) is 231 Å². The van der Waals surface area contributed by atoms with E-state index in [2.05, 4.69) is 240 Å². The van der Waals surface area contributed by atoms with Crippen molar-refractivity contribution in [2.24, 2.45) is 0 Å². The van der Waals surface area contributed by atoms with Gasteiger partial charge in [-0.1, -0.05) is 188 Å². The lowest BCUT2D eigenvalue weighted by atomic mass is 9.94. The van der Waals surface area contributed by atoms with Gasteiger partial charge >= 0.3 is 0 Å². The van der Waals surface area contributed by atoms with Gasteiger partial charge < -0.3 is 9.47 Å². The predicted octanol–water partition coefficient (Wildman–Crippen LogP) is 14.9. The first kappa shape index (κ1) is 33.2. The summed E-state index contributed by atoms with van der Waals surface area (Å²) in [6, 6.07) is 83.2. The third-order valence-corrected chi connectivity index (χ3v) is 10.8. The standard InChI is InChI=1S/C54H38N2/c1-5-18-39(19-6-1)41-32-34-43(35-33-41)46-26-13-15-28-49(46)56(53-38-44(40-20-7-2-8-21-40)36-37-47(53)42-22-9-3-10-23-42)52-31-17-30-51-54(52)48-27-14-16-29-50(48)55(51)45-24-11-4-12-25-45/h1-38H. The number of hydrogen-bond donors (Lipinski definition) is 0. The maximum Gasteiger partial charge on any atom is 0.0562 e. The molecule has 56 heavy (non-hydrogen) atoms. The summed E-state index contributed by atoms with van der Waals surface area (Å²) in [6.07, 6.45) is 0. The third kappa shape index (κ3) is 5.95. The van der Waals surface area contributed by atoms with E-state index < -0.39 is 0 Å². The molecule has 0 atom stereocenters. The molecule has 0 aliphatic heterocycles. The van der Waals surface area contributed by atoms with Gasteiger partial charge in [0.05, 0.1) is 28.1 Å². The molecule has 0 aliphatic carbocycles. The molecule has 0 bridgehead atoms. The molecule has 0 saturated heterocycles. The van der Waals surface area contributed by atoms with Gasteiger partial charge in [0.1, 0.15) is 0 Å². The van der Waals surface area contributed by atoms with Crippen LogP contribution in [0.2, 0.25) is 0 Å². The highest BCUT2D eigenvalue weighted by Crippen LogP contribution is 2.49. The van der Waals surface area contributed by atoms with Crippen LogP contribution in [0, 0.1) is 0 Å². The van der Waals surface area contributed by atoms with Crippen LogP contribution in [0.25, 0.3) is 72.0 Å². The van der Waals surface area contributed by atoms with Crippen LogP contribution in [0.4, 0.5) is 17.1 Å². The number of rotatable bonds is 8. The fraction of sp³-hybridized carbons (Fsp3) is 0. The van der Waals surface area contributed by atoms with E-state index in [4.69, 9.17) is 0 Å². The maximum absolute atomic E-state index is 2.51. The molecule has 9 aromatic carbocycles. The highest BCUT2D eigenvalue weighted by molar-refractivity contribution is 6.17. The first-order chi connectivity index (χ1) is 27.8. The quantitative estimate of drug-likeness (QED) is 0.152. The van der Waals surface area contributed by atoms with E-state index in [1.54, 1.807) is 0 Å². The van der Waals surface area contributed by atoms with Gasteiger partial charge in [-0.3, -0.25) is 0 Å². The minimum absolute atomic E-state index is 1.10.